The highest BCUT2D eigenvalue weighted by Gasteiger charge is 2.22. The smallest absolute Gasteiger partial charge is 0.160 e. The molecule has 4 rings (SSSR count). The molecule has 1 aliphatic rings. The third kappa shape index (κ3) is 2.75. The van der Waals surface area contributed by atoms with Crippen LogP contribution in [0.25, 0.3) is 11.2 Å². The summed E-state index contributed by atoms with van der Waals surface area (Å²) in [7, 11) is 0. The SMILES string of the molecule is Cc1ccccc1Cc1nc2cccnc2n1C1CCOCC1. The van der Waals surface area contributed by atoms with Crippen LogP contribution in [0.3, 0.4) is 0 Å². The van der Waals surface area contributed by atoms with Gasteiger partial charge in [0.15, 0.2) is 5.65 Å². The Labute approximate surface area is 136 Å². The predicted octanol–water partition coefficient (Wildman–Crippen LogP) is 3.68. The molecule has 4 nitrogen and oxygen atoms in total. The van der Waals surface area contributed by atoms with Crippen LogP contribution in [0.2, 0.25) is 0 Å². The highest BCUT2D eigenvalue weighted by molar-refractivity contribution is 5.71. The van der Waals surface area contributed by atoms with Gasteiger partial charge in [0, 0.05) is 31.9 Å². The zero-order valence-corrected chi connectivity index (χ0v) is 13.4. The summed E-state index contributed by atoms with van der Waals surface area (Å²) < 4.78 is 7.88. The van der Waals surface area contributed by atoms with Crippen molar-refractivity contribution >= 4 is 11.2 Å². The minimum absolute atomic E-state index is 0.433. The molecule has 0 unspecified atom stereocenters. The maximum atomic E-state index is 5.53. The minimum Gasteiger partial charge on any atom is -0.381 e. The Morgan fingerprint density at radius 1 is 1.13 bits per heavy atom. The van der Waals surface area contributed by atoms with E-state index in [-0.39, 0.29) is 0 Å². The van der Waals surface area contributed by atoms with Gasteiger partial charge in [0.2, 0.25) is 0 Å². The van der Waals surface area contributed by atoms with Crippen LogP contribution in [0, 0.1) is 6.92 Å². The van der Waals surface area contributed by atoms with Crippen molar-refractivity contribution in [2.45, 2.75) is 32.2 Å². The first-order chi connectivity index (χ1) is 11.3. The molecular formula is C19H21N3O. The Morgan fingerprint density at radius 3 is 2.78 bits per heavy atom. The van der Waals surface area contributed by atoms with E-state index in [0.29, 0.717) is 6.04 Å². The molecule has 0 bridgehead atoms. The number of rotatable bonds is 3. The van der Waals surface area contributed by atoms with Gasteiger partial charge in [-0.2, -0.15) is 0 Å². The third-order valence-electron chi connectivity index (χ3n) is 4.69. The Kier molecular flexibility index (Phi) is 3.83. The van der Waals surface area contributed by atoms with Gasteiger partial charge in [-0.25, -0.2) is 9.97 Å². The van der Waals surface area contributed by atoms with Gasteiger partial charge in [-0.15, -0.1) is 0 Å². The average molecular weight is 307 g/mol. The standard InChI is InChI=1S/C19H21N3O/c1-14-5-2-3-6-15(14)13-18-21-17-7-4-10-20-19(17)22(18)16-8-11-23-12-9-16/h2-7,10,16H,8-9,11-13H2,1H3. The van der Waals surface area contributed by atoms with Gasteiger partial charge in [0.05, 0.1) is 0 Å². The number of hydrogen-bond acceptors (Lipinski definition) is 3. The van der Waals surface area contributed by atoms with Crippen molar-refractivity contribution < 1.29 is 4.74 Å². The molecule has 0 radical (unpaired) electrons. The number of pyridine rings is 1. The van der Waals surface area contributed by atoms with Crippen LogP contribution in [-0.4, -0.2) is 27.7 Å². The predicted molar refractivity (Wildman–Crippen MR) is 90.6 cm³/mol. The summed E-state index contributed by atoms with van der Waals surface area (Å²) in [5, 5.41) is 0. The van der Waals surface area contributed by atoms with E-state index < -0.39 is 0 Å². The number of aryl methyl sites for hydroxylation is 1. The maximum Gasteiger partial charge on any atom is 0.160 e. The normalized spacial score (nSPS) is 16.0. The van der Waals surface area contributed by atoms with Crippen LogP contribution in [0.4, 0.5) is 0 Å². The number of fused-ring (bicyclic) bond motifs is 1. The van der Waals surface area contributed by atoms with E-state index in [1.54, 1.807) is 0 Å². The van der Waals surface area contributed by atoms with Gasteiger partial charge < -0.3 is 9.30 Å². The Morgan fingerprint density at radius 2 is 1.96 bits per heavy atom. The van der Waals surface area contributed by atoms with Crippen LogP contribution < -0.4 is 0 Å². The monoisotopic (exact) mass is 307 g/mol. The number of imidazole rings is 1. The Hall–Kier alpha value is -2.20. The topological polar surface area (TPSA) is 39.9 Å². The molecular weight excluding hydrogens is 286 g/mol. The van der Waals surface area contributed by atoms with Crippen LogP contribution in [0.5, 0.6) is 0 Å². The van der Waals surface area contributed by atoms with Crippen molar-refractivity contribution in [3.63, 3.8) is 0 Å². The van der Waals surface area contributed by atoms with Crippen molar-refractivity contribution in [3.8, 4) is 0 Å². The number of aromatic nitrogens is 3. The van der Waals surface area contributed by atoms with Gasteiger partial charge in [-0.05, 0) is 43.0 Å². The van der Waals surface area contributed by atoms with E-state index in [2.05, 4.69) is 46.8 Å². The number of nitrogens with zero attached hydrogens (tertiary/aromatic N) is 3. The number of benzene rings is 1. The molecule has 0 amide bonds. The summed E-state index contributed by atoms with van der Waals surface area (Å²) in [6.45, 7) is 3.80. The van der Waals surface area contributed by atoms with Crippen LogP contribution >= 0.6 is 0 Å². The summed E-state index contributed by atoms with van der Waals surface area (Å²) in [5.41, 5.74) is 4.63. The van der Waals surface area contributed by atoms with E-state index >= 15 is 0 Å². The van der Waals surface area contributed by atoms with E-state index in [9.17, 15) is 0 Å². The van der Waals surface area contributed by atoms with Gasteiger partial charge in [-0.3, -0.25) is 0 Å². The van der Waals surface area contributed by atoms with Crippen LogP contribution in [0.15, 0.2) is 42.6 Å². The molecule has 0 spiro atoms. The summed E-state index contributed by atoms with van der Waals surface area (Å²) in [4.78, 5) is 9.48. The zero-order valence-electron chi connectivity index (χ0n) is 13.4. The molecule has 1 aromatic carbocycles. The van der Waals surface area contributed by atoms with Crippen LogP contribution in [-0.2, 0) is 11.2 Å². The number of hydrogen-bond donors (Lipinski definition) is 0. The summed E-state index contributed by atoms with van der Waals surface area (Å²) >= 11 is 0. The van der Waals surface area contributed by atoms with E-state index in [1.165, 1.54) is 11.1 Å². The second-order valence-corrected chi connectivity index (χ2v) is 6.19. The molecule has 1 aliphatic heterocycles. The van der Waals surface area contributed by atoms with Crippen molar-refractivity contribution in [2.24, 2.45) is 0 Å². The zero-order chi connectivity index (χ0) is 15.6. The highest BCUT2D eigenvalue weighted by Crippen LogP contribution is 2.28. The fraction of sp³-hybridized carbons (Fsp3) is 0.368. The van der Waals surface area contributed by atoms with Crippen molar-refractivity contribution in [1.82, 2.24) is 14.5 Å². The first kappa shape index (κ1) is 14.4. The van der Waals surface area contributed by atoms with Crippen LogP contribution in [0.1, 0.15) is 35.8 Å². The molecule has 0 atom stereocenters. The summed E-state index contributed by atoms with van der Waals surface area (Å²) in [6.07, 6.45) is 4.77. The quantitative estimate of drug-likeness (QED) is 0.741. The minimum atomic E-state index is 0.433. The summed E-state index contributed by atoms with van der Waals surface area (Å²) in [5.74, 6) is 1.11. The van der Waals surface area contributed by atoms with Crippen molar-refractivity contribution in [3.05, 3.63) is 59.5 Å². The fourth-order valence-corrected chi connectivity index (χ4v) is 3.41. The third-order valence-corrected chi connectivity index (χ3v) is 4.69. The van der Waals surface area contributed by atoms with Crippen molar-refractivity contribution in [1.29, 1.82) is 0 Å². The molecule has 0 saturated carbocycles. The summed E-state index contributed by atoms with van der Waals surface area (Å²) in [6, 6.07) is 13.0. The fourth-order valence-electron chi connectivity index (χ4n) is 3.41. The second-order valence-electron chi connectivity index (χ2n) is 6.19. The van der Waals surface area contributed by atoms with E-state index in [4.69, 9.17) is 9.72 Å². The van der Waals surface area contributed by atoms with Gasteiger partial charge in [0.1, 0.15) is 11.3 Å². The molecule has 23 heavy (non-hydrogen) atoms. The Bertz CT molecular complexity index is 818. The molecule has 1 fully saturated rings. The molecule has 3 aromatic rings. The second kappa shape index (κ2) is 6.13. The van der Waals surface area contributed by atoms with Gasteiger partial charge in [-0.1, -0.05) is 24.3 Å². The first-order valence-corrected chi connectivity index (χ1v) is 8.27. The highest BCUT2D eigenvalue weighted by atomic mass is 16.5. The molecule has 2 aromatic heterocycles. The lowest BCUT2D eigenvalue weighted by Crippen LogP contribution is -2.21. The molecule has 1 saturated heterocycles. The molecule has 4 heteroatoms. The first-order valence-electron chi connectivity index (χ1n) is 8.27. The lowest BCUT2D eigenvalue weighted by Gasteiger charge is -2.25. The molecule has 0 aliphatic carbocycles. The lowest BCUT2D eigenvalue weighted by atomic mass is 10.0. The molecule has 0 N–H and O–H groups in total. The van der Waals surface area contributed by atoms with E-state index in [1.807, 2.05) is 12.3 Å². The average Bonchev–Trinajstić information content (AvgIpc) is 2.95. The molecule has 3 heterocycles. The maximum absolute atomic E-state index is 5.53. The van der Waals surface area contributed by atoms with Crippen molar-refractivity contribution in [2.75, 3.05) is 13.2 Å². The van der Waals surface area contributed by atoms with E-state index in [0.717, 1.165) is 49.5 Å². The number of ether oxygens (including phenoxy) is 1. The molecule has 118 valence electrons. The Balaban J connectivity index is 1.80. The largest absolute Gasteiger partial charge is 0.381 e. The van der Waals surface area contributed by atoms with Gasteiger partial charge in [0.25, 0.3) is 0 Å². The lowest BCUT2D eigenvalue weighted by molar-refractivity contribution is 0.0698. The van der Waals surface area contributed by atoms with Gasteiger partial charge >= 0.3 is 0 Å².